The molecule has 1 aromatic heterocycles. The fourth-order valence-electron chi connectivity index (χ4n) is 4.53. The first kappa shape index (κ1) is 19.0. The van der Waals surface area contributed by atoms with Gasteiger partial charge >= 0.3 is 0 Å². The zero-order chi connectivity index (χ0) is 20.7. The minimum Gasteiger partial charge on any atom is -0.354 e. The number of unbranched alkanes of at least 4 members (excludes halogenated alkanes) is 1. The van der Waals surface area contributed by atoms with E-state index in [1.54, 1.807) is 0 Å². The number of rotatable bonds is 5. The summed E-state index contributed by atoms with van der Waals surface area (Å²) >= 11 is 6.15. The van der Waals surface area contributed by atoms with E-state index in [1.807, 2.05) is 53.4 Å². The Balaban J connectivity index is 1.77. The molecule has 5 rings (SSSR count). The van der Waals surface area contributed by atoms with Crippen LogP contribution in [0.15, 0.2) is 72.8 Å². The van der Waals surface area contributed by atoms with Crippen LogP contribution in [0, 0.1) is 0 Å². The van der Waals surface area contributed by atoms with Crippen LogP contribution in [0.25, 0.3) is 22.2 Å². The van der Waals surface area contributed by atoms with E-state index in [0.29, 0.717) is 5.02 Å². The average molecular weight is 415 g/mol. The molecule has 0 radical (unpaired) electrons. The summed E-state index contributed by atoms with van der Waals surface area (Å²) in [5.41, 5.74) is 6.23. The lowest BCUT2D eigenvalue weighted by Gasteiger charge is -2.26. The third-order valence-corrected chi connectivity index (χ3v) is 6.22. The van der Waals surface area contributed by atoms with Crippen molar-refractivity contribution >= 4 is 28.4 Å². The minimum absolute atomic E-state index is 0.109. The molecule has 1 N–H and O–H groups in total. The van der Waals surface area contributed by atoms with Crippen molar-refractivity contribution in [2.24, 2.45) is 0 Å². The summed E-state index contributed by atoms with van der Waals surface area (Å²) in [6.45, 7) is 2.90. The third kappa shape index (κ3) is 3.01. The number of hydrogen-bond acceptors (Lipinski definition) is 1. The molecule has 0 spiro atoms. The quantitative estimate of drug-likeness (QED) is 0.381. The first-order chi connectivity index (χ1) is 14.7. The Morgan fingerprint density at radius 3 is 2.50 bits per heavy atom. The van der Waals surface area contributed by atoms with Gasteiger partial charge in [-0.25, -0.2) is 0 Å². The second kappa shape index (κ2) is 7.66. The molecule has 1 atom stereocenters. The van der Waals surface area contributed by atoms with E-state index in [0.717, 1.165) is 58.2 Å². The SMILES string of the molecule is CCCCN1C(=O)c2ccccc2C1c1c(-c2ccc(Cl)cc2)[nH]c2ccccc12. The van der Waals surface area contributed by atoms with Gasteiger partial charge in [0.25, 0.3) is 5.91 Å². The average Bonchev–Trinajstić information content (AvgIpc) is 3.28. The first-order valence-electron chi connectivity index (χ1n) is 10.5. The second-order valence-electron chi connectivity index (χ2n) is 7.81. The molecule has 150 valence electrons. The number of halogens is 1. The zero-order valence-corrected chi connectivity index (χ0v) is 17.6. The number of nitrogens with zero attached hydrogens (tertiary/aromatic N) is 1. The molecule has 1 amide bonds. The van der Waals surface area contributed by atoms with Crippen molar-refractivity contribution in [3.63, 3.8) is 0 Å². The molecule has 4 heteroatoms. The number of hydrogen-bond donors (Lipinski definition) is 1. The molecule has 1 aliphatic rings. The van der Waals surface area contributed by atoms with E-state index >= 15 is 0 Å². The van der Waals surface area contributed by atoms with E-state index in [2.05, 4.69) is 36.2 Å². The maximum absolute atomic E-state index is 13.3. The van der Waals surface area contributed by atoms with Gasteiger partial charge in [0.05, 0.1) is 11.7 Å². The minimum atomic E-state index is -0.109. The number of amides is 1. The van der Waals surface area contributed by atoms with Crippen LogP contribution in [-0.4, -0.2) is 22.3 Å². The monoisotopic (exact) mass is 414 g/mol. The van der Waals surface area contributed by atoms with Crippen molar-refractivity contribution in [2.45, 2.75) is 25.8 Å². The van der Waals surface area contributed by atoms with Crippen LogP contribution in [-0.2, 0) is 0 Å². The lowest BCUT2D eigenvalue weighted by molar-refractivity contribution is 0.0748. The summed E-state index contributed by atoms with van der Waals surface area (Å²) in [4.78, 5) is 19.0. The highest BCUT2D eigenvalue weighted by molar-refractivity contribution is 6.30. The molecular weight excluding hydrogens is 392 g/mol. The smallest absolute Gasteiger partial charge is 0.255 e. The van der Waals surface area contributed by atoms with E-state index in [1.165, 1.54) is 0 Å². The van der Waals surface area contributed by atoms with Crippen LogP contribution >= 0.6 is 11.6 Å². The number of aromatic nitrogens is 1. The molecule has 0 fully saturated rings. The molecule has 2 heterocycles. The second-order valence-corrected chi connectivity index (χ2v) is 8.24. The molecule has 0 bridgehead atoms. The molecule has 0 saturated heterocycles. The first-order valence-corrected chi connectivity index (χ1v) is 10.8. The Morgan fingerprint density at radius 1 is 0.967 bits per heavy atom. The van der Waals surface area contributed by atoms with Gasteiger partial charge in [0, 0.05) is 33.6 Å². The van der Waals surface area contributed by atoms with E-state index < -0.39 is 0 Å². The summed E-state index contributed by atoms with van der Waals surface area (Å²) < 4.78 is 0. The van der Waals surface area contributed by atoms with Gasteiger partial charge in [0.2, 0.25) is 0 Å². The molecule has 3 nitrogen and oxygen atoms in total. The standard InChI is InChI=1S/C26H23ClN2O/c1-2-3-16-29-25(19-8-4-5-9-20(19)26(29)30)23-21-10-6-7-11-22(21)28-24(23)17-12-14-18(27)15-13-17/h4-15,25,28H,2-3,16H2,1H3. The molecular formula is C26H23ClN2O. The van der Waals surface area contributed by atoms with E-state index in [-0.39, 0.29) is 11.9 Å². The van der Waals surface area contributed by atoms with Gasteiger partial charge in [0.1, 0.15) is 0 Å². The third-order valence-electron chi connectivity index (χ3n) is 5.96. The Hall–Kier alpha value is -3.04. The molecule has 1 aliphatic heterocycles. The van der Waals surface area contributed by atoms with Crippen molar-refractivity contribution in [1.82, 2.24) is 9.88 Å². The lowest BCUT2D eigenvalue weighted by atomic mass is 9.93. The Labute approximate surface area is 181 Å². The number of carbonyl (C=O) groups excluding carboxylic acids is 1. The van der Waals surface area contributed by atoms with Gasteiger partial charge < -0.3 is 9.88 Å². The number of H-pyrrole nitrogens is 1. The van der Waals surface area contributed by atoms with E-state index in [4.69, 9.17) is 11.6 Å². The van der Waals surface area contributed by atoms with Crippen molar-refractivity contribution in [3.05, 3.63) is 94.5 Å². The molecule has 3 aromatic carbocycles. The van der Waals surface area contributed by atoms with Gasteiger partial charge in [-0.05, 0) is 41.8 Å². The molecule has 0 aliphatic carbocycles. The normalized spacial score (nSPS) is 15.7. The lowest BCUT2D eigenvalue weighted by Crippen LogP contribution is -2.30. The number of nitrogens with one attached hydrogen (secondary N) is 1. The highest BCUT2D eigenvalue weighted by atomic mass is 35.5. The predicted octanol–water partition coefficient (Wildman–Crippen LogP) is 6.83. The Bertz CT molecular complexity index is 1230. The molecule has 1 unspecified atom stereocenters. The summed E-state index contributed by atoms with van der Waals surface area (Å²) in [5, 5.41) is 1.86. The summed E-state index contributed by atoms with van der Waals surface area (Å²) in [7, 11) is 0. The van der Waals surface area contributed by atoms with Crippen LogP contribution in [0.4, 0.5) is 0 Å². The van der Waals surface area contributed by atoms with Crippen LogP contribution < -0.4 is 0 Å². The number of para-hydroxylation sites is 1. The van der Waals surface area contributed by atoms with Gasteiger partial charge in [-0.15, -0.1) is 0 Å². The van der Waals surface area contributed by atoms with Crippen LogP contribution in [0.3, 0.4) is 0 Å². The van der Waals surface area contributed by atoms with Crippen molar-refractivity contribution in [3.8, 4) is 11.3 Å². The Kier molecular flexibility index (Phi) is 4.84. The topological polar surface area (TPSA) is 36.1 Å². The molecule has 4 aromatic rings. The summed E-state index contributed by atoms with van der Waals surface area (Å²) in [6, 6.07) is 24.1. The van der Waals surface area contributed by atoms with Crippen LogP contribution in [0.2, 0.25) is 5.02 Å². The zero-order valence-electron chi connectivity index (χ0n) is 16.9. The van der Waals surface area contributed by atoms with Gasteiger partial charge in [-0.3, -0.25) is 4.79 Å². The maximum Gasteiger partial charge on any atom is 0.255 e. The van der Waals surface area contributed by atoms with Gasteiger partial charge in [-0.1, -0.05) is 73.5 Å². The maximum atomic E-state index is 13.3. The number of aromatic amines is 1. The number of carbonyl (C=O) groups is 1. The van der Waals surface area contributed by atoms with Gasteiger partial charge in [0.15, 0.2) is 0 Å². The fourth-order valence-corrected chi connectivity index (χ4v) is 4.66. The summed E-state index contributed by atoms with van der Waals surface area (Å²) in [5.74, 6) is 0.122. The number of fused-ring (bicyclic) bond motifs is 2. The fraction of sp³-hybridized carbons (Fsp3) is 0.192. The number of benzene rings is 3. The largest absolute Gasteiger partial charge is 0.354 e. The highest BCUT2D eigenvalue weighted by Crippen LogP contribution is 2.45. The highest BCUT2D eigenvalue weighted by Gasteiger charge is 2.39. The Morgan fingerprint density at radius 2 is 1.70 bits per heavy atom. The van der Waals surface area contributed by atoms with Gasteiger partial charge in [-0.2, -0.15) is 0 Å². The molecule has 30 heavy (non-hydrogen) atoms. The van der Waals surface area contributed by atoms with Crippen LogP contribution in [0.1, 0.15) is 47.3 Å². The molecule has 0 saturated carbocycles. The van der Waals surface area contributed by atoms with Crippen LogP contribution in [0.5, 0.6) is 0 Å². The van der Waals surface area contributed by atoms with Crippen molar-refractivity contribution in [2.75, 3.05) is 6.54 Å². The summed E-state index contributed by atoms with van der Waals surface area (Å²) in [6.07, 6.45) is 2.03. The van der Waals surface area contributed by atoms with Crippen molar-refractivity contribution in [1.29, 1.82) is 0 Å². The van der Waals surface area contributed by atoms with E-state index in [9.17, 15) is 4.79 Å². The predicted molar refractivity (Wildman–Crippen MR) is 123 cm³/mol. The van der Waals surface area contributed by atoms with Crippen molar-refractivity contribution < 1.29 is 4.79 Å².